The highest BCUT2D eigenvalue weighted by Gasteiger charge is 2.08. The van der Waals surface area contributed by atoms with E-state index in [4.69, 9.17) is 4.74 Å². The first-order valence-corrected chi connectivity index (χ1v) is 7.63. The van der Waals surface area contributed by atoms with Crippen LogP contribution >= 0.6 is 0 Å². The molecule has 0 aromatic carbocycles. The molecule has 0 spiro atoms. The van der Waals surface area contributed by atoms with Crippen molar-refractivity contribution in [2.75, 3.05) is 24.7 Å². The van der Waals surface area contributed by atoms with Crippen molar-refractivity contribution >= 4 is 15.6 Å². The van der Waals surface area contributed by atoms with Gasteiger partial charge in [-0.2, -0.15) is 0 Å². The Morgan fingerprint density at radius 1 is 1.12 bits per heavy atom. The van der Waals surface area contributed by atoms with Gasteiger partial charge in [0.2, 0.25) is 0 Å². The number of rotatable bonds is 10. The summed E-state index contributed by atoms with van der Waals surface area (Å²) in [7, 11) is -2.92. The van der Waals surface area contributed by atoms with Gasteiger partial charge in [0.1, 0.15) is 15.6 Å². The highest BCUT2D eigenvalue weighted by Crippen LogP contribution is 2.02. The predicted octanol–water partition coefficient (Wildman–Crippen LogP) is 1.59. The van der Waals surface area contributed by atoms with Crippen LogP contribution in [0.5, 0.6) is 0 Å². The second kappa shape index (κ2) is 8.70. The van der Waals surface area contributed by atoms with Crippen molar-refractivity contribution in [3.63, 3.8) is 0 Å². The molecule has 0 atom stereocenters. The molecule has 0 saturated carbocycles. The van der Waals surface area contributed by atoms with Crippen molar-refractivity contribution in [1.82, 2.24) is 0 Å². The molecule has 0 aromatic heterocycles. The molecule has 0 aliphatic heterocycles. The number of sulfone groups is 1. The van der Waals surface area contributed by atoms with Gasteiger partial charge >= 0.3 is 0 Å². The average molecular weight is 250 g/mol. The average Bonchev–Trinajstić information content (AvgIpc) is 2.24. The third kappa shape index (κ3) is 8.85. The smallest absolute Gasteiger partial charge is 0.150 e. The molecule has 0 N–H and O–H groups in total. The lowest BCUT2D eigenvalue weighted by atomic mass is 10.1. The monoisotopic (exact) mass is 250 g/mol. The Hall–Kier alpha value is -0.420. The Balaban J connectivity index is 3.51. The molecule has 16 heavy (non-hydrogen) atoms. The van der Waals surface area contributed by atoms with Crippen LogP contribution in [0.15, 0.2) is 0 Å². The number of carbonyl (C=O) groups is 1. The summed E-state index contributed by atoms with van der Waals surface area (Å²) in [4.78, 5) is 11.3. The van der Waals surface area contributed by atoms with Gasteiger partial charge in [-0.3, -0.25) is 4.79 Å². The molecule has 0 aliphatic rings. The summed E-state index contributed by atoms with van der Waals surface area (Å²) < 4.78 is 27.4. The van der Waals surface area contributed by atoms with Gasteiger partial charge in [0.05, 0.1) is 5.75 Å². The van der Waals surface area contributed by atoms with Crippen molar-refractivity contribution in [3.8, 4) is 0 Å². The van der Waals surface area contributed by atoms with Crippen molar-refractivity contribution in [2.24, 2.45) is 0 Å². The largest absolute Gasteiger partial charge is 0.382 e. The number of carbonyl (C=O) groups excluding carboxylic acids is 1. The number of Topliss-reactive ketones (excluding diaryl/α,β-unsaturated/α-hetero) is 1. The lowest BCUT2D eigenvalue weighted by molar-refractivity contribution is -0.119. The van der Waals surface area contributed by atoms with Crippen LogP contribution in [-0.4, -0.2) is 38.9 Å². The Kier molecular flexibility index (Phi) is 8.47. The van der Waals surface area contributed by atoms with Crippen LogP contribution in [0.25, 0.3) is 0 Å². The van der Waals surface area contributed by atoms with Gasteiger partial charge in [0.15, 0.2) is 0 Å². The van der Waals surface area contributed by atoms with E-state index in [0.29, 0.717) is 32.5 Å². The van der Waals surface area contributed by atoms with E-state index in [9.17, 15) is 13.2 Å². The summed E-state index contributed by atoms with van der Waals surface area (Å²) in [6.45, 7) is 4.81. The van der Waals surface area contributed by atoms with Gasteiger partial charge in [-0.05, 0) is 19.8 Å². The van der Waals surface area contributed by atoms with Crippen LogP contribution in [0, 0.1) is 0 Å². The fourth-order valence-electron chi connectivity index (χ4n) is 1.27. The molecular formula is C11H22O4S. The molecule has 5 heteroatoms. The van der Waals surface area contributed by atoms with E-state index in [0.717, 1.165) is 6.42 Å². The van der Waals surface area contributed by atoms with Crippen molar-refractivity contribution in [3.05, 3.63) is 0 Å². The van der Waals surface area contributed by atoms with Gasteiger partial charge < -0.3 is 4.74 Å². The van der Waals surface area contributed by atoms with Crippen LogP contribution in [0.1, 0.15) is 39.5 Å². The van der Waals surface area contributed by atoms with Gasteiger partial charge in [-0.15, -0.1) is 0 Å². The van der Waals surface area contributed by atoms with E-state index >= 15 is 0 Å². The Morgan fingerprint density at radius 3 is 2.31 bits per heavy atom. The van der Waals surface area contributed by atoms with E-state index in [1.165, 1.54) is 0 Å². The van der Waals surface area contributed by atoms with E-state index < -0.39 is 9.84 Å². The third-order valence-corrected chi connectivity index (χ3v) is 4.09. The van der Waals surface area contributed by atoms with Crippen molar-refractivity contribution in [1.29, 1.82) is 0 Å². The molecular weight excluding hydrogens is 228 g/mol. The SMILES string of the molecule is CCOCCCC(=O)CCCS(=O)(=O)CC. The van der Waals surface area contributed by atoms with Crippen LogP contribution in [0.2, 0.25) is 0 Å². The summed E-state index contributed by atoms with van der Waals surface area (Å²) in [5.74, 6) is 0.415. The standard InChI is InChI=1S/C11H22O4S/c1-3-15-9-5-7-11(12)8-6-10-16(13,14)4-2/h3-10H2,1-2H3. The first kappa shape index (κ1) is 15.6. The van der Waals surface area contributed by atoms with E-state index in [2.05, 4.69) is 0 Å². The van der Waals surface area contributed by atoms with E-state index in [1.54, 1.807) is 6.92 Å². The molecule has 0 aromatic rings. The first-order valence-electron chi connectivity index (χ1n) is 5.81. The minimum absolute atomic E-state index is 0.126. The second-order valence-electron chi connectivity index (χ2n) is 3.68. The molecule has 0 rings (SSSR count). The highest BCUT2D eigenvalue weighted by molar-refractivity contribution is 7.91. The van der Waals surface area contributed by atoms with Crippen LogP contribution < -0.4 is 0 Å². The van der Waals surface area contributed by atoms with Crippen LogP contribution in [0.4, 0.5) is 0 Å². The zero-order valence-corrected chi connectivity index (χ0v) is 11.0. The maximum Gasteiger partial charge on any atom is 0.150 e. The van der Waals surface area contributed by atoms with Crippen LogP contribution in [-0.2, 0) is 19.4 Å². The van der Waals surface area contributed by atoms with Crippen molar-refractivity contribution in [2.45, 2.75) is 39.5 Å². The van der Waals surface area contributed by atoms with Crippen molar-refractivity contribution < 1.29 is 17.9 Å². The third-order valence-electron chi connectivity index (χ3n) is 2.30. The molecule has 0 radical (unpaired) electrons. The zero-order chi connectivity index (χ0) is 12.4. The molecule has 0 heterocycles. The first-order chi connectivity index (χ1) is 7.52. The van der Waals surface area contributed by atoms with E-state index in [-0.39, 0.29) is 17.3 Å². The molecule has 96 valence electrons. The molecule has 0 bridgehead atoms. The molecule has 0 aliphatic carbocycles. The summed E-state index contributed by atoms with van der Waals surface area (Å²) in [5, 5.41) is 0. The number of ketones is 1. The number of ether oxygens (including phenoxy) is 1. The minimum atomic E-state index is -2.92. The molecule has 4 nitrogen and oxygen atoms in total. The Morgan fingerprint density at radius 2 is 1.75 bits per heavy atom. The second-order valence-corrected chi connectivity index (χ2v) is 6.15. The maximum atomic E-state index is 11.3. The summed E-state index contributed by atoms with van der Waals surface area (Å²) >= 11 is 0. The van der Waals surface area contributed by atoms with E-state index in [1.807, 2.05) is 6.92 Å². The van der Waals surface area contributed by atoms with Gasteiger partial charge in [0.25, 0.3) is 0 Å². The fraction of sp³-hybridized carbons (Fsp3) is 0.909. The molecule has 0 amide bonds. The summed E-state index contributed by atoms with van der Waals surface area (Å²) in [5.41, 5.74) is 0. The predicted molar refractivity (Wildman–Crippen MR) is 64.3 cm³/mol. The summed E-state index contributed by atoms with van der Waals surface area (Å²) in [6.07, 6.45) is 2.04. The van der Waals surface area contributed by atoms with Gasteiger partial charge in [-0.25, -0.2) is 8.42 Å². The quantitative estimate of drug-likeness (QED) is 0.552. The number of hydrogen-bond acceptors (Lipinski definition) is 4. The minimum Gasteiger partial charge on any atom is -0.382 e. The lowest BCUT2D eigenvalue weighted by Gasteiger charge is -2.02. The van der Waals surface area contributed by atoms with Crippen LogP contribution in [0.3, 0.4) is 0 Å². The number of hydrogen-bond donors (Lipinski definition) is 0. The normalized spacial score (nSPS) is 11.6. The Bertz CT molecular complexity index is 282. The van der Waals surface area contributed by atoms with Gasteiger partial charge in [-0.1, -0.05) is 6.92 Å². The zero-order valence-electron chi connectivity index (χ0n) is 10.2. The highest BCUT2D eigenvalue weighted by atomic mass is 32.2. The fourth-order valence-corrected chi connectivity index (χ4v) is 2.15. The lowest BCUT2D eigenvalue weighted by Crippen LogP contribution is -2.10. The molecule has 0 fully saturated rings. The maximum absolute atomic E-state index is 11.3. The molecule has 0 saturated heterocycles. The molecule has 0 unspecified atom stereocenters. The summed E-state index contributed by atoms with van der Waals surface area (Å²) in [6, 6.07) is 0. The Labute approximate surface area is 98.3 Å². The topological polar surface area (TPSA) is 60.4 Å². The van der Waals surface area contributed by atoms with Gasteiger partial charge in [0, 0.05) is 31.8 Å².